The molecule has 0 bridgehead atoms. The first-order chi connectivity index (χ1) is 11.3. The van der Waals surface area contributed by atoms with Crippen LogP contribution < -0.4 is 10.2 Å². The maximum absolute atomic E-state index is 12.1. The summed E-state index contributed by atoms with van der Waals surface area (Å²) in [6, 6.07) is 0.936. The molecule has 3 fully saturated rings. The van der Waals surface area contributed by atoms with Crippen LogP contribution in [-0.4, -0.2) is 45.6 Å². The normalized spacial score (nSPS) is 22.0. The Morgan fingerprint density at radius 1 is 1.09 bits per heavy atom. The Morgan fingerprint density at radius 2 is 1.83 bits per heavy atom. The van der Waals surface area contributed by atoms with E-state index in [1.165, 1.54) is 50.3 Å². The third-order valence-electron chi connectivity index (χ3n) is 5.00. The van der Waals surface area contributed by atoms with Gasteiger partial charge in [-0.25, -0.2) is 0 Å². The molecule has 1 aliphatic heterocycles. The lowest BCUT2D eigenvalue weighted by atomic mass is 10.2. The predicted octanol–water partition coefficient (Wildman–Crippen LogP) is 2.36. The van der Waals surface area contributed by atoms with Crippen molar-refractivity contribution in [3.63, 3.8) is 0 Å². The van der Waals surface area contributed by atoms with E-state index in [1.807, 2.05) is 0 Å². The van der Waals surface area contributed by atoms with Crippen molar-refractivity contribution >= 4 is 23.6 Å². The molecule has 0 aromatic carbocycles. The molecule has 1 aromatic heterocycles. The summed E-state index contributed by atoms with van der Waals surface area (Å²) in [5.74, 6) is 1.60. The minimum atomic E-state index is 0.134. The lowest BCUT2D eigenvalue weighted by Gasteiger charge is -2.18. The van der Waals surface area contributed by atoms with Crippen LogP contribution in [0.15, 0.2) is 5.16 Å². The van der Waals surface area contributed by atoms with E-state index in [2.05, 4.69) is 25.0 Å². The van der Waals surface area contributed by atoms with Gasteiger partial charge in [-0.1, -0.05) is 24.6 Å². The molecular formula is C16H25N5OS. The van der Waals surface area contributed by atoms with Crippen LogP contribution in [0, 0.1) is 0 Å². The number of rotatable bonds is 6. The Hall–Kier alpha value is -1.24. The number of carbonyl (C=O) groups is 1. The summed E-state index contributed by atoms with van der Waals surface area (Å²) in [5.41, 5.74) is 0. The number of hydrogen-bond donors (Lipinski definition) is 1. The lowest BCUT2D eigenvalue weighted by Crippen LogP contribution is -2.33. The van der Waals surface area contributed by atoms with Crippen molar-refractivity contribution in [2.45, 2.75) is 68.6 Å². The number of aromatic nitrogens is 3. The fourth-order valence-corrected chi connectivity index (χ4v) is 4.43. The quantitative estimate of drug-likeness (QED) is 0.809. The zero-order chi connectivity index (χ0) is 15.6. The van der Waals surface area contributed by atoms with Gasteiger partial charge in [0.2, 0.25) is 11.9 Å². The standard InChI is InChI=1S/C16H25N5OS/c22-14(17-12-5-1-2-6-12)11-23-16-19-18-15(20-9-3-4-10-20)21(16)13-7-8-13/h12-13H,1-11H2,(H,17,22). The minimum absolute atomic E-state index is 0.134. The van der Waals surface area contributed by atoms with Gasteiger partial charge in [0, 0.05) is 25.2 Å². The highest BCUT2D eigenvalue weighted by Gasteiger charge is 2.32. The molecule has 126 valence electrons. The molecule has 0 spiro atoms. The summed E-state index contributed by atoms with van der Waals surface area (Å²) < 4.78 is 2.28. The molecule has 0 unspecified atom stereocenters. The molecule has 2 saturated carbocycles. The molecule has 1 saturated heterocycles. The maximum Gasteiger partial charge on any atom is 0.230 e. The van der Waals surface area contributed by atoms with Gasteiger partial charge in [-0.05, 0) is 38.5 Å². The topological polar surface area (TPSA) is 63.1 Å². The van der Waals surface area contributed by atoms with Crippen molar-refractivity contribution in [2.24, 2.45) is 0 Å². The number of amides is 1. The Morgan fingerprint density at radius 3 is 2.52 bits per heavy atom. The van der Waals surface area contributed by atoms with Gasteiger partial charge >= 0.3 is 0 Å². The molecule has 1 aromatic rings. The summed E-state index contributed by atoms with van der Waals surface area (Å²) in [4.78, 5) is 14.5. The molecule has 1 N–H and O–H groups in total. The molecule has 23 heavy (non-hydrogen) atoms. The van der Waals surface area contributed by atoms with Crippen molar-refractivity contribution in [2.75, 3.05) is 23.7 Å². The van der Waals surface area contributed by atoms with Gasteiger partial charge < -0.3 is 10.2 Å². The Labute approximate surface area is 141 Å². The van der Waals surface area contributed by atoms with Gasteiger partial charge in [-0.3, -0.25) is 9.36 Å². The van der Waals surface area contributed by atoms with Crippen molar-refractivity contribution in [3.8, 4) is 0 Å². The molecule has 6 nitrogen and oxygen atoms in total. The zero-order valence-corrected chi connectivity index (χ0v) is 14.4. The first kappa shape index (κ1) is 15.3. The van der Waals surface area contributed by atoms with Gasteiger partial charge in [0.15, 0.2) is 5.16 Å². The van der Waals surface area contributed by atoms with Crippen LogP contribution in [0.5, 0.6) is 0 Å². The van der Waals surface area contributed by atoms with E-state index in [1.54, 1.807) is 0 Å². The summed E-state index contributed by atoms with van der Waals surface area (Å²) >= 11 is 1.54. The monoisotopic (exact) mass is 335 g/mol. The van der Waals surface area contributed by atoms with Gasteiger partial charge in [0.05, 0.1) is 5.75 Å². The molecule has 2 aliphatic carbocycles. The van der Waals surface area contributed by atoms with Crippen LogP contribution in [0.2, 0.25) is 0 Å². The number of thioether (sulfide) groups is 1. The molecule has 0 radical (unpaired) electrons. The van der Waals surface area contributed by atoms with Crippen LogP contribution >= 0.6 is 11.8 Å². The SMILES string of the molecule is O=C(CSc1nnc(N2CCCC2)n1C1CC1)NC1CCCC1. The molecule has 3 aliphatic rings. The van der Waals surface area contributed by atoms with Gasteiger partial charge in [0.25, 0.3) is 0 Å². The van der Waals surface area contributed by atoms with Gasteiger partial charge in [0.1, 0.15) is 0 Å². The van der Waals surface area contributed by atoms with Crippen LogP contribution in [0.1, 0.15) is 57.4 Å². The van der Waals surface area contributed by atoms with Gasteiger partial charge in [-0.15, -0.1) is 10.2 Å². The first-order valence-corrected chi connectivity index (χ1v) is 9.92. The van der Waals surface area contributed by atoms with Crippen LogP contribution in [0.3, 0.4) is 0 Å². The fourth-order valence-electron chi connectivity index (χ4n) is 3.62. The van der Waals surface area contributed by atoms with E-state index in [0.29, 0.717) is 17.8 Å². The van der Waals surface area contributed by atoms with Crippen LogP contribution in [0.4, 0.5) is 5.95 Å². The van der Waals surface area contributed by atoms with E-state index < -0.39 is 0 Å². The van der Waals surface area contributed by atoms with Crippen molar-refractivity contribution in [3.05, 3.63) is 0 Å². The minimum Gasteiger partial charge on any atom is -0.353 e. The van der Waals surface area contributed by atoms with Crippen molar-refractivity contribution in [1.82, 2.24) is 20.1 Å². The highest BCUT2D eigenvalue weighted by atomic mass is 32.2. The predicted molar refractivity (Wildman–Crippen MR) is 90.9 cm³/mol. The molecule has 7 heteroatoms. The van der Waals surface area contributed by atoms with Crippen LogP contribution in [-0.2, 0) is 4.79 Å². The van der Waals surface area contributed by atoms with Crippen LogP contribution in [0.25, 0.3) is 0 Å². The number of hydrogen-bond acceptors (Lipinski definition) is 5. The first-order valence-electron chi connectivity index (χ1n) is 8.93. The highest BCUT2D eigenvalue weighted by molar-refractivity contribution is 7.99. The summed E-state index contributed by atoms with van der Waals surface area (Å²) in [5, 5.41) is 12.9. The largest absolute Gasteiger partial charge is 0.353 e. The number of nitrogens with zero attached hydrogens (tertiary/aromatic N) is 4. The summed E-state index contributed by atoms with van der Waals surface area (Å²) in [7, 11) is 0. The number of nitrogens with one attached hydrogen (secondary N) is 1. The fraction of sp³-hybridized carbons (Fsp3) is 0.812. The van der Waals surface area contributed by atoms with E-state index in [0.717, 1.165) is 37.0 Å². The Balaban J connectivity index is 1.39. The number of anilines is 1. The van der Waals surface area contributed by atoms with Crippen molar-refractivity contribution in [1.29, 1.82) is 0 Å². The molecule has 4 rings (SSSR count). The lowest BCUT2D eigenvalue weighted by molar-refractivity contribution is -0.119. The maximum atomic E-state index is 12.1. The van der Waals surface area contributed by atoms with E-state index in [4.69, 9.17) is 0 Å². The Kier molecular flexibility index (Phi) is 4.46. The average molecular weight is 335 g/mol. The average Bonchev–Trinajstić information content (AvgIpc) is 3.01. The second-order valence-corrected chi connectivity index (χ2v) is 7.86. The molecule has 1 amide bonds. The van der Waals surface area contributed by atoms with E-state index in [-0.39, 0.29) is 5.91 Å². The smallest absolute Gasteiger partial charge is 0.230 e. The molecule has 2 heterocycles. The Bertz CT molecular complexity index is 559. The highest BCUT2D eigenvalue weighted by Crippen LogP contribution is 2.41. The third kappa shape index (κ3) is 3.49. The molecular weight excluding hydrogens is 310 g/mol. The zero-order valence-electron chi connectivity index (χ0n) is 13.5. The number of carbonyl (C=O) groups excluding carboxylic acids is 1. The third-order valence-corrected chi connectivity index (χ3v) is 5.94. The van der Waals surface area contributed by atoms with Crippen molar-refractivity contribution < 1.29 is 4.79 Å². The summed E-state index contributed by atoms with van der Waals surface area (Å²) in [6.07, 6.45) is 9.65. The molecule has 0 atom stereocenters. The second kappa shape index (κ2) is 6.71. The summed E-state index contributed by atoms with van der Waals surface area (Å²) in [6.45, 7) is 2.16. The van der Waals surface area contributed by atoms with Gasteiger partial charge in [-0.2, -0.15) is 0 Å². The van der Waals surface area contributed by atoms with E-state index >= 15 is 0 Å². The van der Waals surface area contributed by atoms with E-state index in [9.17, 15) is 4.79 Å². The second-order valence-electron chi connectivity index (χ2n) is 6.92.